The van der Waals surface area contributed by atoms with Gasteiger partial charge in [0, 0.05) is 18.1 Å². The molecule has 1 unspecified atom stereocenters. The van der Waals surface area contributed by atoms with Crippen molar-refractivity contribution in [2.24, 2.45) is 5.73 Å². The van der Waals surface area contributed by atoms with E-state index in [1.807, 2.05) is 18.2 Å². The van der Waals surface area contributed by atoms with Crippen LogP contribution in [0.15, 0.2) is 30.3 Å². The van der Waals surface area contributed by atoms with Crippen LogP contribution in [0.25, 0.3) is 0 Å². The number of nitrogens with one attached hydrogen (secondary N) is 1. The lowest BCUT2D eigenvalue weighted by Crippen LogP contribution is -2.43. The van der Waals surface area contributed by atoms with Crippen molar-refractivity contribution in [2.75, 3.05) is 6.54 Å². The smallest absolute Gasteiger partial charge is 0.0421 e. The topological polar surface area (TPSA) is 38.0 Å². The molecule has 0 heterocycles. The highest BCUT2D eigenvalue weighted by Crippen LogP contribution is 2.29. The van der Waals surface area contributed by atoms with Gasteiger partial charge in [0.2, 0.25) is 0 Å². The SMILES string of the molecule is CC1(NCC(N)c2ccccc2)CCCC1. The van der Waals surface area contributed by atoms with Crippen LogP contribution in [0.1, 0.15) is 44.2 Å². The highest BCUT2D eigenvalue weighted by atomic mass is 15.0. The molecule has 88 valence electrons. The zero-order valence-corrected chi connectivity index (χ0v) is 10.1. The van der Waals surface area contributed by atoms with E-state index in [0.717, 1.165) is 6.54 Å². The van der Waals surface area contributed by atoms with Crippen LogP contribution in [-0.2, 0) is 0 Å². The first-order chi connectivity index (χ1) is 7.70. The maximum atomic E-state index is 6.17. The summed E-state index contributed by atoms with van der Waals surface area (Å²) in [5.74, 6) is 0. The molecule has 0 bridgehead atoms. The molecular formula is C14H22N2. The maximum Gasteiger partial charge on any atom is 0.0421 e. The number of hydrogen-bond donors (Lipinski definition) is 2. The van der Waals surface area contributed by atoms with E-state index >= 15 is 0 Å². The van der Waals surface area contributed by atoms with Gasteiger partial charge in [-0.2, -0.15) is 0 Å². The van der Waals surface area contributed by atoms with E-state index in [1.54, 1.807) is 0 Å². The minimum absolute atomic E-state index is 0.110. The van der Waals surface area contributed by atoms with Crippen molar-refractivity contribution < 1.29 is 0 Å². The lowest BCUT2D eigenvalue weighted by Gasteiger charge is -2.27. The van der Waals surface area contributed by atoms with Crippen LogP contribution >= 0.6 is 0 Å². The summed E-state index contributed by atoms with van der Waals surface area (Å²) >= 11 is 0. The van der Waals surface area contributed by atoms with Crippen LogP contribution in [-0.4, -0.2) is 12.1 Å². The molecule has 16 heavy (non-hydrogen) atoms. The van der Waals surface area contributed by atoms with Gasteiger partial charge in [-0.1, -0.05) is 43.2 Å². The summed E-state index contributed by atoms with van der Waals surface area (Å²) in [6.07, 6.45) is 5.27. The van der Waals surface area contributed by atoms with Gasteiger partial charge in [0.15, 0.2) is 0 Å². The molecule has 2 nitrogen and oxygen atoms in total. The number of hydrogen-bond acceptors (Lipinski definition) is 2. The van der Waals surface area contributed by atoms with Crippen molar-refractivity contribution in [3.05, 3.63) is 35.9 Å². The first-order valence-corrected chi connectivity index (χ1v) is 6.25. The monoisotopic (exact) mass is 218 g/mol. The summed E-state index contributed by atoms with van der Waals surface area (Å²) < 4.78 is 0. The van der Waals surface area contributed by atoms with Gasteiger partial charge in [0.1, 0.15) is 0 Å². The summed E-state index contributed by atoms with van der Waals surface area (Å²) in [6, 6.07) is 10.4. The van der Waals surface area contributed by atoms with Crippen molar-refractivity contribution in [3.63, 3.8) is 0 Å². The normalized spacial score (nSPS) is 20.9. The maximum absolute atomic E-state index is 6.17. The van der Waals surface area contributed by atoms with Crippen LogP contribution in [0.5, 0.6) is 0 Å². The molecule has 2 heteroatoms. The largest absolute Gasteiger partial charge is 0.323 e. The van der Waals surface area contributed by atoms with Crippen molar-refractivity contribution >= 4 is 0 Å². The van der Waals surface area contributed by atoms with E-state index in [9.17, 15) is 0 Å². The van der Waals surface area contributed by atoms with E-state index in [4.69, 9.17) is 5.73 Å². The Morgan fingerprint density at radius 2 is 1.88 bits per heavy atom. The van der Waals surface area contributed by atoms with Gasteiger partial charge in [-0.25, -0.2) is 0 Å². The van der Waals surface area contributed by atoms with Gasteiger partial charge < -0.3 is 11.1 Å². The molecule has 0 spiro atoms. The Kier molecular flexibility index (Phi) is 3.62. The third-order valence-corrected chi connectivity index (χ3v) is 3.68. The molecule has 1 fully saturated rings. The minimum atomic E-state index is 0.110. The van der Waals surface area contributed by atoms with Crippen molar-refractivity contribution in [1.82, 2.24) is 5.32 Å². The second-order valence-corrected chi connectivity index (χ2v) is 5.17. The van der Waals surface area contributed by atoms with Crippen LogP contribution in [0, 0.1) is 0 Å². The minimum Gasteiger partial charge on any atom is -0.323 e. The van der Waals surface area contributed by atoms with Crippen LogP contribution in [0.4, 0.5) is 0 Å². The number of nitrogens with two attached hydrogens (primary N) is 1. The molecule has 1 aromatic rings. The van der Waals surface area contributed by atoms with Gasteiger partial charge in [-0.3, -0.25) is 0 Å². The summed E-state index contributed by atoms with van der Waals surface area (Å²) in [5.41, 5.74) is 7.71. The zero-order valence-electron chi connectivity index (χ0n) is 10.1. The van der Waals surface area contributed by atoms with E-state index in [2.05, 4.69) is 24.4 Å². The summed E-state index contributed by atoms with van der Waals surface area (Å²) in [4.78, 5) is 0. The van der Waals surface area contributed by atoms with Gasteiger partial charge in [-0.15, -0.1) is 0 Å². The molecule has 0 saturated heterocycles. The lowest BCUT2D eigenvalue weighted by molar-refractivity contribution is 0.353. The Morgan fingerprint density at radius 1 is 1.25 bits per heavy atom. The summed E-state index contributed by atoms with van der Waals surface area (Å²) in [5, 5.41) is 3.63. The highest BCUT2D eigenvalue weighted by molar-refractivity contribution is 5.18. The second kappa shape index (κ2) is 4.98. The van der Waals surface area contributed by atoms with Gasteiger partial charge in [-0.05, 0) is 25.3 Å². The standard InChI is InChI=1S/C14H22N2/c1-14(9-5-6-10-14)16-11-13(15)12-7-3-2-4-8-12/h2-4,7-8,13,16H,5-6,9-11,15H2,1H3. The molecule has 0 amide bonds. The second-order valence-electron chi connectivity index (χ2n) is 5.17. The molecular weight excluding hydrogens is 196 g/mol. The fraction of sp³-hybridized carbons (Fsp3) is 0.571. The average Bonchev–Trinajstić information content (AvgIpc) is 2.75. The predicted octanol–water partition coefficient (Wildman–Crippen LogP) is 2.61. The average molecular weight is 218 g/mol. The van der Waals surface area contributed by atoms with Crippen molar-refractivity contribution in [1.29, 1.82) is 0 Å². The lowest BCUT2D eigenvalue weighted by atomic mass is 9.99. The Balaban J connectivity index is 1.86. The molecule has 2 rings (SSSR count). The molecule has 0 aromatic heterocycles. The molecule has 1 saturated carbocycles. The Morgan fingerprint density at radius 3 is 2.50 bits per heavy atom. The Hall–Kier alpha value is -0.860. The third-order valence-electron chi connectivity index (χ3n) is 3.68. The molecule has 1 aliphatic carbocycles. The zero-order chi connectivity index (χ0) is 11.4. The molecule has 1 aliphatic rings. The number of rotatable bonds is 4. The molecule has 3 N–H and O–H groups in total. The van der Waals surface area contributed by atoms with Crippen LogP contribution in [0.3, 0.4) is 0 Å². The third kappa shape index (κ3) is 2.83. The van der Waals surface area contributed by atoms with E-state index in [0.29, 0.717) is 5.54 Å². The fourth-order valence-corrected chi connectivity index (χ4v) is 2.51. The summed E-state index contributed by atoms with van der Waals surface area (Å²) in [6.45, 7) is 3.19. The van der Waals surface area contributed by atoms with Gasteiger partial charge >= 0.3 is 0 Å². The molecule has 0 aliphatic heterocycles. The van der Waals surface area contributed by atoms with E-state index in [1.165, 1.54) is 31.2 Å². The highest BCUT2D eigenvalue weighted by Gasteiger charge is 2.28. The van der Waals surface area contributed by atoms with E-state index in [-0.39, 0.29) is 6.04 Å². The predicted molar refractivity (Wildman–Crippen MR) is 68.2 cm³/mol. The van der Waals surface area contributed by atoms with Crippen LogP contribution < -0.4 is 11.1 Å². The fourth-order valence-electron chi connectivity index (χ4n) is 2.51. The van der Waals surface area contributed by atoms with Crippen LogP contribution in [0.2, 0.25) is 0 Å². The summed E-state index contributed by atoms with van der Waals surface area (Å²) in [7, 11) is 0. The molecule has 1 aromatic carbocycles. The van der Waals surface area contributed by atoms with Crippen molar-refractivity contribution in [3.8, 4) is 0 Å². The molecule has 0 radical (unpaired) electrons. The Bertz CT molecular complexity index is 315. The van der Waals surface area contributed by atoms with E-state index < -0.39 is 0 Å². The first kappa shape index (κ1) is 11.6. The number of benzene rings is 1. The Labute approximate surface area is 98.2 Å². The first-order valence-electron chi connectivity index (χ1n) is 6.25. The van der Waals surface area contributed by atoms with Gasteiger partial charge in [0.25, 0.3) is 0 Å². The van der Waals surface area contributed by atoms with Crippen molar-refractivity contribution in [2.45, 2.75) is 44.2 Å². The van der Waals surface area contributed by atoms with Gasteiger partial charge in [0.05, 0.1) is 0 Å². The molecule has 1 atom stereocenters. The quantitative estimate of drug-likeness (QED) is 0.815.